The van der Waals surface area contributed by atoms with Crippen molar-refractivity contribution in [1.82, 2.24) is 20.0 Å². The van der Waals surface area contributed by atoms with E-state index in [2.05, 4.69) is 26.3 Å². The molecule has 2 heterocycles. The van der Waals surface area contributed by atoms with Crippen LogP contribution in [0.4, 0.5) is 0 Å². The van der Waals surface area contributed by atoms with Gasteiger partial charge >= 0.3 is 0 Å². The number of piperazine rings is 1. The lowest BCUT2D eigenvalue weighted by molar-refractivity contribution is 0.0648. The van der Waals surface area contributed by atoms with Crippen LogP contribution in [-0.2, 0) is 7.05 Å². The predicted molar refractivity (Wildman–Crippen MR) is 64.3 cm³/mol. The fourth-order valence-corrected chi connectivity index (χ4v) is 2.43. The average Bonchev–Trinajstić information content (AvgIpc) is 2.58. The van der Waals surface area contributed by atoms with Crippen LogP contribution in [0.15, 0.2) is 10.7 Å². The van der Waals surface area contributed by atoms with Gasteiger partial charge in [0, 0.05) is 38.9 Å². The number of aromatic nitrogens is 2. The predicted octanol–water partition coefficient (Wildman–Crippen LogP) is 0.616. The van der Waals surface area contributed by atoms with Gasteiger partial charge in [-0.1, -0.05) is 0 Å². The summed E-state index contributed by atoms with van der Waals surface area (Å²) >= 11 is 3.36. The average molecular weight is 287 g/mol. The molecule has 1 aromatic heterocycles. The Morgan fingerprint density at radius 1 is 1.69 bits per heavy atom. The topological polar surface area (TPSA) is 50.2 Å². The summed E-state index contributed by atoms with van der Waals surface area (Å²) < 4.78 is 2.40. The number of aryl methyl sites for hydroxylation is 1. The molecule has 5 nitrogen and oxygen atoms in total. The van der Waals surface area contributed by atoms with Gasteiger partial charge in [-0.3, -0.25) is 9.48 Å². The van der Waals surface area contributed by atoms with Crippen molar-refractivity contribution in [2.75, 3.05) is 19.6 Å². The normalized spacial score (nSPS) is 21.2. The van der Waals surface area contributed by atoms with E-state index in [0.717, 1.165) is 24.1 Å². The van der Waals surface area contributed by atoms with Crippen molar-refractivity contribution in [3.05, 3.63) is 16.4 Å². The van der Waals surface area contributed by atoms with E-state index in [0.29, 0.717) is 5.69 Å². The molecule has 2 rings (SSSR count). The molecule has 1 fully saturated rings. The third kappa shape index (κ3) is 2.12. The molecule has 88 valence electrons. The Morgan fingerprint density at radius 2 is 2.44 bits per heavy atom. The second-order valence-electron chi connectivity index (χ2n) is 4.05. The third-order valence-electron chi connectivity index (χ3n) is 2.75. The molecule has 0 radical (unpaired) electrons. The Morgan fingerprint density at radius 3 is 3.00 bits per heavy atom. The molecule has 0 aromatic carbocycles. The van der Waals surface area contributed by atoms with Gasteiger partial charge in [0.25, 0.3) is 5.91 Å². The van der Waals surface area contributed by atoms with Crippen molar-refractivity contribution in [3.63, 3.8) is 0 Å². The lowest BCUT2D eigenvalue weighted by Crippen LogP contribution is -2.52. The lowest BCUT2D eigenvalue weighted by Gasteiger charge is -2.33. The highest BCUT2D eigenvalue weighted by Gasteiger charge is 2.27. The van der Waals surface area contributed by atoms with Gasteiger partial charge in [-0.25, -0.2) is 0 Å². The van der Waals surface area contributed by atoms with Crippen LogP contribution < -0.4 is 5.32 Å². The van der Waals surface area contributed by atoms with Gasteiger partial charge in [0.15, 0.2) is 5.69 Å². The SMILES string of the molecule is C[C@H]1CNCCN1C(=O)c1nn(C)cc1Br. The first-order valence-corrected chi connectivity index (χ1v) is 6.09. The minimum atomic E-state index is 0.00137. The fraction of sp³-hybridized carbons (Fsp3) is 0.600. The lowest BCUT2D eigenvalue weighted by atomic mass is 10.2. The third-order valence-corrected chi connectivity index (χ3v) is 3.33. The van der Waals surface area contributed by atoms with E-state index in [1.165, 1.54) is 0 Å². The number of amides is 1. The minimum absolute atomic E-state index is 0.00137. The van der Waals surface area contributed by atoms with Crippen LogP contribution in [0, 0.1) is 0 Å². The second kappa shape index (κ2) is 4.55. The first-order chi connectivity index (χ1) is 7.59. The van der Waals surface area contributed by atoms with E-state index in [9.17, 15) is 4.79 Å². The molecule has 0 aliphatic carbocycles. The summed E-state index contributed by atoms with van der Waals surface area (Å²) in [5.74, 6) is 0.00137. The first-order valence-electron chi connectivity index (χ1n) is 5.30. The molecule has 1 aliphatic heterocycles. The number of carbonyl (C=O) groups excluding carboxylic acids is 1. The second-order valence-corrected chi connectivity index (χ2v) is 4.91. The summed E-state index contributed by atoms with van der Waals surface area (Å²) in [7, 11) is 1.81. The number of hydrogen-bond acceptors (Lipinski definition) is 3. The van der Waals surface area contributed by atoms with Gasteiger partial charge in [-0.15, -0.1) is 0 Å². The zero-order valence-corrected chi connectivity index (χ0v) is 11.0. The van der Waals surface area contributed by atoms with Gasteiger partial charge in [0.1, 0.15) is 0 Å². The molecule has 1 amide bonds. The molecule has 1 N–H and O–H groups in total. The number of hydrogen-bond donors (Lipinski definition) is 1. The van der Waals surface area contributed by atoms with Gasteiger partial charge in [-0.05, 0) is 22.9 Å². The molecular weight excluding hydrogens is 272 g/mol. The van der Waals surface area contributed by atoms with Crippen molar-refractivity contribution in [1.29, 1.82) is 0 Å². The van der Waals surface area contributed by atoms with Crippen LogP contribution in [0.3, 0.4) is 0 Å². The molecule has 1 atom stereocenters. The number of carbonyl (C=O) groups is 1. The molecule has 1 aromatic rings. The van der Waals surface area contributed by atoms with Crippen molar-refractivity contribution in [2.45, 2.75) is 13.0 Å². The molecule has 0 bridgehead atoms. The molecule has 1 aliphatic rings. The van der Waals surface area contributed by atoms with Crippen LogP contribution in [0.1, 0.15) is 17.4 Å². The van der Waals surface area contributed by atoms with E-state index in [4.69, 9.17) is 0 Å². The van der Waals surface area contributed by atoms with E-state index in [-0.39, 0.29) is 11.9 Å². The number of rotatable bonds is 1. The van der Waals surface area contributed by atoms with Crippen molar-refractivity contribution < 1.29 is 4.79 Å². The number of nitrogens with zero attached hydrogens (tertiary/aromatic N) is 3. The van der Waals surface area contributed by atoms with E-state index >= 15 is 0 Å². The Bertz CT molecular complexity index is 404. The molecule has 1 saturated heterocycles. The maximum Gasteiger partial charge on any atom is 0.275 e. The van der Waals surface area contributed by atoms with E-state index < -0.39 is 0 Å². The molecule has 0 spiro atoms. The summed E-state index contributed by atoms with van der Waals surface area (Å²) in [6, 6.07) is 0.218. The molecule has 16 heavy (non-hydrogen) atoms. The number of nitrogens with one attached hydrogen (secondary N) is 1. The first kappa shape index (κ1) is 11.6. The van der Waals surface area contributed by atoms with Crippen LogP contribution in [0.5, 0.6) is 0 Å². The zero-order valence-electron chi connectivity index (χ0n) is 9.40. The van der Waals surface area contributed by atoms with E-state index in [1.54, 1.807) is 10.9 Å². The minimum Gasteiger partial charge on any atom is -0.332 e. The standard InChI is InChI=1S/C10H15BrN4O/c1-7-5-12-3-4-15(7)10(16)9-8(11)6-14(2)13-9/h6-7,12H,3-5H2,1-2H3/t7-/m0/s1. The fourth-order valence-electron chi connectivity index (χ4n) is 1.88. The summed E-state index contributed by atoms with van der Waals surface area (Å²) in [6.45, 7) is 4.47. The van der Waals surface area contributed by atoms with Gasteiger partial charge in [0.2, 0.25) is 0 Å². The Kier molecular flexibility index (Phi) is 3.30. The van der Waals surface area contributed by atoms with Crippen molar-refractivity contribution >= 4 is 21.8 Å². The smallest absolute Gasteiger partial charge is 0.275 e. The molecule has 0 unspecified atom stereocenters. The number of halogens is 1. The van der Waals surface area contributed by atoms with E-state index in [1.807, 2.05) is 18.9 Å². The largest absolute Gasteiger partial charge is 0.332 e. The Hall–Kier alpha value is -0.880. The van der Waals surface area contributed by atoms with Gasteiger partial charge in [-0.2, -0.15) is 5.10 Å². The van der Waals surface area contributed by atoms with Crippen molar-refractivity contribution in [3.8, 4) is 0 Å². The summed E-state index contributed by atoms with van der Waals surface area (Å²) in [5, 5.41) is 7.44. The maximum absolute atomic E-state index is 12.2. The molecular formula is C10H15BrN4O. The van der Waals surface area contributed by atoms with Crippen molar-refractivity contribution in [2.24, 2.45) is 7.05 Å². The quantitative estimate of drug-likeness (QED) is 0.823. The Balaban J connectivity index is 2.21. The zero-order chi connectivity index (χ0) is 11.7. The molecule has 0 saturated carbocycles. The van der Waals surface area contributed by atoms with Crippen LogP contribution in [0.25, 0.3) is 0 Å². The van der Waals surface area contributed by atoms with Crippen LogP contribution in [0.2, 0.25) is 0 Å². The van der Waals surface area contributed by atoms with Crippen LogP contribution >= 0.6 is 15.9 Å². The van der Waals surface area contributed by atoms with Crippen LogP contribution in [-0.4, -0.2) is 46.3 Å². The summed E-state index contributed by atoms with van der Waals surface area (Å²) in [6.07, 6.45) is 1.79. The Labute approximate surface area is 103 Å². The summed E-state index contributed by atoms with van der Waals surface area (Å²) in [4.78, 5) is 14.1. The highest BCUT2D eigenvalue weighted by atomic mass is 79.9. The maximum atomic E-state index is 12.2. The molecule has 6 heteroatoms. The highest BCUT2D eigenvalue weighted by molar-refractivity contribution is 9.10. The highest BCUT2D eigenvalue weighted by Crippen LogP contribution is 2.18. The monoisotopic (exact) mass is 286 g/mol. The van der Waals surface area contributed by atoms with Gasteiger partial charge < -0.3 is 10.2 Å². The van der Waals surface area contributed by atoms with Gasteiger partial charge in [0.05, 0.1) is 4.47 Å². The summed E-state index contributed by atoms with van der Waals surface area (Å²) in [5.41, 5.74) is 0.497.